The Kier molecular flexibility index (Phi) is 7.27. The second-order valence-electron chi connectivity index (χ2n) is 5.94. The van der Waals surface area contributed by atoms with Crippen LogP contribution in [0, 0.1) is 0 Å². The first kappa shape index (κ1) is 20.6. The van der Waals surface area contributed by atoms with Gasteiger partial charge in [0.15, 0.2) is 12.4 Å². The molecule has 0 aliphatic heterocycles. The molecule has 3 N–H and O–H groups in total. The van der Waals surface area contributed by atoms with E-state index in [4.69, 9.17) is 4.74 Å². The fraction of sp³-hybridized carbons (Fsp3) is 0.200. The van der Waals surface area contributed by atoms with Gasteiger partial charge in [0.25, 0.3) is 5.91 Å². The second kappa shape index (κ2) is 9.86. The van der Waals surface area contributed by atoms with Crippen LogP contribution in [0.3, 0.4) is 0 Å². The number of ether oxygens (including phenoxy) is 1. The Balaban J connectivity index is 1.80. The van der Waals surface area contributed by atoms with Crippen LogP contribution in [0.15, 0.2) is 54.6 Å². The van der Waals surface area contributed by atoms with E-state index < -0.39 is 30.6 Å². The maximum atomic E-state index is 12.0. The molecule has 2 rings (SSSR count). The standard InChI is InChI=1S/C20H21N3O5/c1-13(21-20(27)22-15-8-4-3-5-9-15)19(26)28-12-18(25)23-17-11-7-6-10-16(17)14(2)24/h3-11,13H,12H2,1-2H3,(H,23,25)(H2,21,22,27)/t13-/m0/s1. The van der Waals surface area contributed by atoms with Gasteiger partial charge in [-0.1, -0.05) is 30.3 Å². The molecular weight excluding hydrogens is 362 g/mol. The highest BCUT2D eigenvalue weighted by atomic mass is 16.5. The summed E-state index contributed by atoms with van der Waals surface area (Å²) in [7, 11) is 0. The van der Waals surface area contributed by atoms with Gasteiger partial charge in [-0.3, -0.25) is 9.59 Å². The molecule has 0 aromatic heterocycles. The van der Waals surface area contributed by atoms with Gasteiger partial charge in [0.05, 0.1) is 5.69 Å². The average molecular weight is 383 g/mol. The Bertz CT molecular complexity index is 867. The lowest BCUT2D eigenvalue weighted by Gasteiger charge is -2.14. The molecule has 0 aliphatic carbocycles. The van der Waals surface area contributed by atoms with E-state index in [1.807, 2.05) is 6.07 Å². The van der Waals surface area contributed by atoms with Crippen LogP contribution in [0.5, 0.6) is 0 Å². The summed E-state index contributed by atoms with van der Waals surface area (Å²) in [5, 5.41) is 7.52. The Morgan fingerprint density at radius 3 is 2.25 bits per heavy atom. The first-order valence-corrected chi connectivity index (χ1v) is 8.56. The monoisotopic (exact) mass is 383 g/mol. The minimum atomic E-state index is -0.957. The summed E-state index contributed by atoms with van der Waals surface area (Å²) in [5.74, 6) is -1.56. The van der Waals surface area contributed by atoms with Gasteiger partial charge in [0.1, 0.15) is 6.04 Å². The molecule has 8 nitrogen and oxygen atoms in total. The van der Waals surface area contributed by atoms with Crippen molar-refractivity contribution in [3.63, 3.8) is 0 Å². The highest BCUT2D eigenvalue weighted by Gasteiger charge is 2.19. The predicted molar refractivity (Wildman–Crippen MR) is 104 cm³/mol. The largest absolute Gasteiger partial charge is 0.454 e. The minimum Gasteiger partial charge on any atom is -0.454 e. The number of hydrogen-bond acceptors (Lipinski definition) is 5. The molecule has 0 unspecified atom stereocenters. The molecule has 1 atom stereocenters. The fourth-order valence-electron chi connectivity index (χ4n) is 2.29. The Morgan fingerprint density at radius 1 is 0.929 bits per heavy atom. The Morgan fingerprint density at radius 2 is 1.57 bits per heavy atom. The number of para-hydroxylation sites is 2. The highest BCUT2D eigenvalue weighted by Crippen LogP contribution is 2.15. The maximum Gasteiger partial charge on any atom is 0.328 e. The zero-order valence-electron chi connectivity index (χ0n) is 15.5. The first-order valence-electron chi connectivity index (χ1n) is 8.56. The minimum absolute atomic E-state index is 0.199. The second-order valence-corrected chi connectivity index (χ2v) is 5.94. The molecular formula is C20H21N3O5. The summed E-state index contributed by atoms with van der Waals surface area (Å²) in [4.78, 5) is 47.4. The van der Waals surface area contributed by atoms with Gasteiger partial charge in [-0.2, -0.15) is 0 Å². The predicted octanol–water partition coefficient (Wildman–Crippen LogP) is 2.58. The Labute approximate surface area is 162 Å². The number of anilines is 2. The van der Waals surface area contributed by atoms with Crippen LogP contribution in [-0.2, 0) is 14.3 Å². The van der Waals surface area contributed by atoms with Crippen molar-refractivity contribution in [1.82, 2.24) is 5.32 Å². The van der Waals surface area contributed by atoms with Gasteiger partial charge in [-0.25, -0.2) is 9.59 Å². The number of nitrogens with one attached hydrogen (secondary N) is 3. The van der Waals surface area contributed by atoms with Crippen LogP contribution in [-0.4, -0.2) is 36.3 Å². The molecule has 0 heterocycles. The van der Waals surface area contributed by atoms with Crippen LogP contribution >= 0.6 is 0 Å². The van der Waals surface area contributed by atoms with Gasteiger partial charge in [0.2, 0.25) is 0 Å². The van der Waals surface area contributed by atoms with Crippen molar-refractivity contribution in [1.29, 1.82) is 0 Å². The molecule has 2 aromatic rings. The van der Waals surface area contributed by atoms with Gasteiger partial charge in [-0.15, -0.1) is 0 Å². The summed E-state index contributed by atoms with van der Waals surface area (Å²) < 4.78 is 4.91. The zero-order valence-corrected chi connectivity index (χ0v) is 15.5. The van der Waals surface area contributed by atoms with Crippen LogP contribution in [0.25, 0.3) is 0 Å². The van der Waals surface area contributed by atoms with Crippen molar-refractivity contribution in [3.8, 4) is 0 Å². The maximum absolute atomic E-state index is 12.0. The number of amides is 3. The molecule has 3 amide bonds. The number of urea groups is 1. The van der Waals surface area contributed by atoms with Crippen molar-refractivity contribution in [3.05, 3.63) is 60.2 Å². The third kappa shape index (κ3) is 6.24. The van der Waals surface area contributed by atoms with Crippen LogP contribution < -0.4 is 16.0 Å². The number of benzene rings is 2. The summed E-state index contributed by atoms with van der Waals surface area (Å²) in [6.07, 6.45) is 0. The van der Waals surface area contributed by atoms with E-state index in [2.05, 4.69) is 16.0 Å². The van der Waals surface area contributed by atoms with E-state index in [0.29, 0.717) is 16.9 Å². The van der Waals surface area contributed by atoms with Gasteiger partial charge < -0.3 is 20.7 Å². The first-order chi connectivity index (χ1) is 13.4. The molecule has 0 bridgehead atoms. The molecule has 0 fully saturated rings. The molecule has 0 aliphatic rings. The van der Waals surface area contributed by atoms with Crippen molar-refractivity contribution in [2.45, 2.75) is 19.9 Å². The van der Waals surface area contributed by atoms with Crippen LogP contribution in [0.2, 0.25) is 0 Å². The van der Waals surface area contributed by atoms with E-state index in [0.717, 1.165) is 0 Å². The number of ketones is 1. The fourth-order valence-corrected chi connectivity index (χ4v) is 2.29. The molecule has 0 saturated heterocycles. The molecule has 8 heteroatoms. The normalized spacial score (nSPS) is 11.1. The quantitative estimate of drug-likeness (QED) is 0.502. The van der Waals surface area contributed by atoms with Gasteiger partial charge in [-0.05, 0) is 38.1 Å². The van der Waals surface area contributed by atoms with Gasteiger partial charge >= 0.3 is 12.0 Å². The number of hydrogen-bond donors (Lipinski definition) is 3. The molecule has 0 radical (unpaired) electrons. The number of Topliss-reactive ketones (excluding diaryl/α,β-unsaturated/α-hetero) is 1. The van der Waals surface area contributed by atoms with Gasteiger partial charge in [0, 0.05) is 11.3 Å². The number of carbonyl (C=O) groups excluding carboxylic acids is 4. The van der Waals surface area contributed by atoms with Crippen molar-refractivity contribution in [2.75, 3.05) is 17.2 Å². The topological polar surface area (TPSA) is 114 Å². The molecule has 0 spiro atoms. The third-order valence-electron chi connectivity index (χ3n) is 3.66. The SMILES string of the molecule is CC(=O)c1ccccc1NC(=O)COC(=O)[C@H](C)NC(=O)Nc1ccccc1. The zero-order chi connectivity index (χ0) is 20.5. The van der Waals surface area contributed by atoms with E-state index in [-0.39, 0.29) is 5.78 Å². The van der Waals surface area contributed by atoms with E-state index in [1.54, 1.807) is 48.5 Å². The third-order valence-corrected chi connectivity index (χ3v) is 3.66. The van der Waals surface area contributed by atoms with E-state index >= 15 is 0 Å². The molecule has 28 heavy (non-hydrogen) atoms. The average Bonchev–Trinajstić information content (AvgIpc) is 2.67. The number of esters is 1. The lowest BCUT2D eigenvalue weighted by molar-refractivity contribution is -0.148. The van der Waals surface area contributed by atoms with Crippen molar-refractivity contribution >= 4 is 35.1 Å². The number of rotatable bonds is 7. The Hall–Kier alpha value is -3.68. The van der Waals surface area contributed by atoms with Crippen molar-refractivity contribution in [2.24, 2.45) is 0 Å². The summed E-state index contributed by atoms with van der Waals surface area (Å²) >= 11 is 0. The van der Waals surface area contributed by atoms with Crippen LogP contribution in [0.4, 0.5) is 16.2 Å². The van der Waals surface area contributed by atoms with E-state index in [1.165, 1.54) is 13.8 Å². The smallest absolute Gasteiger partial charge is 0.328 e. The lowest BCUT2D eigenvalue weighted by atomic mass is 10.1. The molecule has 146 valence electrons. The lowest BCUT2D eigenvalue weighted by Crippen LogP contribution is -2.42. The molecule has 0 saturated carbocycles. The highest BCUT2D eigenvalue weighted by molar-refractivity contribution is 6.04. The summed E-state index contributed by atoms with van der Waals surface area (Å²) in [6.45, 7) is 2.28. The molecule has 2 aromatic carbocycles. The summed E-state index contributed by atoms with van der Waals surface area (Å²) in [6, 6.07) is 13.7. The summed E-state index contributed by atoms with van der Waals surface area (Å²) in [5.41, 5.74) is 1.27. The van der Waals surface area contributed by atoms with E-state index in [9.17, 15) is 19.2 Å². The van der Waals surface area contributed by atoms with Crippen LogP contribution in [0.1, 0.15) is 24.2 Å². The number of carbonyl (C=O) groups is 4. The van der Waals surface area contributed by atoms with Crippen molar-refractivity contribution < 1.29 is 23.9 Å².